The van der Waals surface area contributed by atoms with Crippen molar-refractivity contribution in [1.82, 2.24) is 5.32 Å². The van der Waals surface area contributed by atoms with Gasteiger partial charge in [0.05, 0.1) is 7.17 Å². The van der Waals surface area contributed by atoms with Crippen LogP contribution in [0.15, 0.2) is 30.3 Å². The molecular formula is C10H11B4ClNO. The summed E-state index contributed by atoms with van der Waals surface area (Å²) in [4.78, 5) is 11.7. The Labute approximate surface area is 111 Å². The van der Waals surface area contributed by atoms with Gasteiger partial charge >= 0.3 is 0 Å². The number of hydrogen-bond donors (Lipinski definition) is 1. The number of carbonyl (C=O) groups is 1. The predicted molar refractivity (Wildman–Crippen MR) is 76.3 cm³/mol. The minimum atomic E-state index is -0.0918. The third-order valence-electron chi connectivity index (χ3n) is 2.25. The molecule has 1 aromatic rings. The lowest BCUT2D eigenvalue weighted by molar-refractivity contribution is 0.0954. The van der Waals surface area contributed by atoms with E-state index in [0.717, 1.165) is 0 Å². The van der Waals surface area contributed by atoms with Gasteiger partial charge in [-0.25, -0.2) is 0 Å². The molecule has 2 nitrogen and oxygen atoms in total. The molecule has 1 aromatic carbocycles. The molecule has 1 amide bonds. The van der Waals surface area contributed by atoms with E-state index >= 15 is 0 Å². The van der Waals surface area contributed by atoms with E-state index in [1.54, 1.807) is 19.2 Å². The summed E-state index contributed by atoms with van der Waals surface area (Å²) in [7, 11) is 10.3. The van der Waals surface area contributed by atoms with Gasteiger partial charge in [0.2, 0.25) is 0 Å². The van der Waals surface area contributed by atoms with E-state index in [2.05, 4.69) is 5.32 Å². The maximum atomic E-state index is 11.7. The van der Waals surface area contributed by atoms with Crippen LogP contribution in [0, 0.1) is 0 Å². The summed E-state index contributed by atoms with van der Waals surface area (Å²) in [5, 5.41) is 2.83. The van der Waals surface area contributed by atoms with Crippen molar-refractivity contribution in [3.05, 3.63) is 35.9 Å². The maximum Gasteiger partial charge on any atom is 0.251 e. The number of halogens is 1. The fraction of sp³-hybridized carbons (Fsp3) is 0.300. The second-order valence-corrected chi connectivity index (χ2v) is 3.88. The van der Waals surface area contributed by atoms with Crippen LogP contribution in [0.1, 0.15) is 10.4 Å². The van der Waals surface area contributed by atoms with Crippen molar-refractivity contribution in [3.8, 4) is 0 Å². The fourth-order valence-electron chi connectivity index (χ4n) is 1.31. The van der Waals surface area contributed by atoms with Gasteiger partial charge in [-0.05, 0) is 17.9 Å². The van der Waals surface area contributed by atoms with E-state index in [4.69, 9.17) is 19.3 Å². The highest BCUT2D eigenvalue weighted by molar-refractivity contribution is 7.41. The first-order valence-corrected chi connectivity index (χ1v) is 5.92. The largest absolute Gasteiger partial charge is 0.352 e. The first kappa shape index (κ1) is 14.3. The number of alkyl halides is 1. The van der Waals surface area contributed by atoms with Gasteiger partial charge in [-0.3, -0.25) is 4.79 Å². The number of nitrogens with one attached hydrogen (secondary N) is 1. The van der Waals surface area contributed by atoms with Crippen LogP contribution in [0.4, 0.5) is 0 Å². The van der Waals surface area contributed by atoms with Crippen LogP contribution in [0.25, 0.3) is 0 Å². The van der Waals surface area contributed by atoms with E-state index < -0.39 is 0 Å². The van der Waals surface area contributed by atoms with Gasteiger partial charge in [0.15, 0.2) is 0 Å². The smallest absolute Gasteiger partial charge is 0.251 e. The lowest BCUT2D eigenvalue weighted by Gasteiger charge is -2.13. The van der Waals surface area contributed by atoms with Gasteiger partial charge in [-0.1, -0.05) is 18.2 Å². The molecule has 1 rings (SSSR count). The average molecular weight is 240 g/mol. The Morgan fingerprint density at radius 3 is 2.71 bits per heavy atom. The van der Waals surface area contributed by atoms with Gasteiger partial charge < -0.3 is 5.32 Å². The molecule has 0 aliphatic heterocycles. The van der Waals surface area contributed by atoms with Crippen molar-refractivity contribution < 1.29 is 4.79 Å². The molecule has 0 spiro atoms. The van der Waals surface area contributed by atoms with Crippen LogP contribution in [0.3, 0.4) is 0 Å². The van der Waals surface area contributed by atoms with Crippen molar-refractivity contribution >= 4 is 46.5 Å². The van der Waals surface area contributed by atoms with E-state index in [-0.39, 0.29) is 11.7 Å². The van der Waals surface area contributed by atoms with Crippen LogP contribution < -0.4 is 5.32 Å². The Bertz CT molecular complexity index is 338. The molecule has 0 aromatic heterocycles. The minimum absolute atomic E-state index is 0.0872. The lowest BCUT2D eigenvalue weighted by atomic mass is 9.11. The van der Waals surface area contributed by atoms with Crippen molar-refractivity contribution in [2.24, 2.45) is 0 Å². The molecular weight excluding hydrogens is 229 g/mol. The summed E-state index contributed by atoms with van der Waals surface area (Å²) in [6, 6.07) is 9.08. The summed E-state index contributed by atoms with van der Waals surface area (Å²) < 4.78 is 0. The van der Waals surface area contributed by atoms with Gasteiger partial charge in [0.25, 0.3) is 5.91 Å². The molecule has 1 N–H and O–H groups in total. The minimum Gasteiger partial charge on any atom is -0.352 e. The molecule has 0 saturated heterocycles. The molecule has 17 heavy (non-hydrogen) atoms. The topological polar surface area (TPSA) is 29.1 Å². The number of benzene rings is 1. The molecule has 1 unspecified atom stereocenters. The number of hydrogen-bond acceptors (Lipinski definition) is 1. The molecule has 81 valence electrons. The van der Waals surface area contributed by atoms with Gasteiger partial charge in [0.1, 0.15) is 0 Å². The lowest BCUT2D eigenvalue weighted by Crippen LogP contribution is -2.32. The standard InChI is InChI=1S/C10H11B4ClNO/c11-13-14-12-9(6-15)7-16-10(17)8-4-2-1-3-5-8/h1-5,9H,6-7H2,(H,16,17). The summed E-state index contributed by atoms with van der Waals surface area (Å²) in [5.74, 6) is 0.439. The van der Waals surface area contributed by atoms with Crippen LogP contribution in [-0.2, 0) is 0 Å². The number of rotatable bonds is 7. The summed E-state index contributed by atoms with van der Waals surface area (Å²) in [6.45, 7) is 0.502. The Morgan fingerprint density at radius 2 is 2.12 bits per heavy atom. The molecule has 7 heteroatoms. The summed E-state index contributed by atoms with van der Waals surface area (Å²) in [5.41, 5.74) is 0.648. The Morgan fingerprint density at radius 1 is 1.41 bits per heavy atom. The molecule has 5 radical (unpaired) electrons. The Balaban J connectivity index is 2.36. The van der Waals surface area contributed by atoms with Crippen molar-refractivity contribution in [3.63, 3.8) is 0 Å². The van der Waals surface area contributed by atoms with Crippen LogP contribution in [0.5, 0.6) is 0 Å². The van der Waals surface area contributed by atoms with Crippen molar-refractivity contribution in [2.45, 2.75) is 5.82 Å². The summed E-state index contributed by atoms with van der Waals surface area (Å²) >= 11 is 5.78. The zero-order valence-electron chi connectivity index (χ0n) is 9.47. The summed E-state index contributed by atoms with van der Waals surface area (Å²) in [6.07, 6.45) is 0. The predicted octanol–water partition coefficient (Wildman–Crippen LogP) is 0.470. The third-order valence-corrected chi connectivity index (χ3v) is 2.65. The average Bonchev–Trinajstić information content (AvgIpc) is 2.39. The normalized spacial score (nSPS) is 11.4. The highest BCUT2D eigenvalue weighted by Crippen LogP contribution is 2.04. The highest BCUT2D eigenvalue weighted by Gasteiger charge is 2.10. The van der Waals surface area contributed by atoms with Crippen LogP contribution in [0.2, 0.25) is 5.82 Å². The first-order valence-electron chi connectivity index (χ1n) is 5.39. The second kappa shape index (κ2) is 8.35. The van der Waals surface area contributed by atoms with E-state index in [1.165, 1.54) is 7.06 Å². The van der Waals surface area contributed by atoms with E-state index in [1.807, 2.05) is 25.4 Å². The maximum absolute atomic E-state index is 11.7. The Hall–Kier alpha value is -0.760. The van der Waals surface area contributed by atoms with Gasteiger partial charge in [-0.2, -0.15) is 0 Å². The van der Waals surface area contributed by atoms with Crippen LogP contribution in [-0.4, -0.2) is 47.4 Å². The van der Waals surface area contributed by atoms with Crippen LogP contribution >= 0.6 is 11.6 Å². The van der Waals surface area contributed by atoms with Gasteiger partial charge in [0, 0.05) is 39.8 Å². The zero-order valence-corrected chi connectivity index (χ0v) is 10.2. The highest BCUT2D eigenvalue weighted by atomic mass is 35.5. The van der Waals surface area contributed by atoms with Crippen molar-refractivity contribution in [1.29, 1.82) is 0 Å². The molecule has 0 saturated carbocycles. The molecule has 0 bridgehead atoms. The Kier molecular flexibility index (Phi) is 7.02. The molecule has 0 aliphatic rings. The van der Waals surface area contributed by atoms with Gasteiger partial charge in [-0.15, -0.1) is 11.6 Å². The third kappa shape index (κ3) is 5.40. The van der Waals surface area contributed by atoms with E-state index in [0.29, 0.717) is 18.0 Å². The first-order chi connectivity index (χ1) is 8.27. The monoisotopic (exact) mass is 240 g/mol. The molecule has 0 fully saturated rings. The van der Waals surface area contributed by atoms with E-state index in [9.17, 15) is 4.79 Å². The second-order valence-electron chi connectivity index (χ2n) is 3.57. The SMILES string of the molecule is [B][B][B][B]C(CCl)CNC(=O)c1ccccc1. The molecule has 1 atom stereocenters. The molecule has 0 aliphatic carbocycles. The zero-order chi connectivity index (χ0) is 12.5. The number of carbonyl (C=O) groups excluding carboxylic acids is 1. The quantitative estimate of drug-likeness (QED) is 0.544. The number of amides is 1. The fourth-order valence-corrected chi connectivity index (χ4v) is 1.52. The molecule has 0 heterocycles. The van der Waals surface area contributed by atoms with Crippen molar-refractivity contribution in [2.75, 3.05) is 12.4 Å².